The summed E-state index contributed by atoms with van der Waals surface area (Å²) < 4.78 is 0. The van der Waals surface area contributed by atoms with E-state index in [0.29, 0.717) is 6.04 Å². The van der Waals surface area contributed by atoms with E-state index in [0.717, 1.165) is 6.42 Å². The van der Waals surface area contributed by atoms with Gasteiger partial charge in [-0.3, -0.25) is 0 Å². The van der Waals surface area contributed by atoms with Crippen molar-refractivity contribution >= 4 is 0 Å². The van der Waals surface area contributed by atoms with E-state index in [-0.39, 0.29) is 0 Å². The highest BCUT2D eigenvalue weighted by Crippen LogP contribution is 1.97. The Morgan fingerprint density at radius 1 is 1.00 bits per heavy atom. The molecule has 0 radical (unpaired) electrons. The Kier molecular flexibility index (Phi) is 8.14. The van der Waals surface area contributed by atoms with Gasteiger partial charge in [0.05, 0.1) is 0 Å². The summed E-state index contributed by atoms with van der Waals surface area (Å²) in [5.41, 5.74) is 5.69. The Labute approximate surface area is 89.2 Å². The first-order chi connectivity index (χ1) is 6.52. The first kappa shape index (κ1) is 13.9. The van der Waals surface area contributed by atoms with Gasteiger partial charge in [-0.15, -0.1) is 0 Å². The predicted molar refractivity (Wildman–Crippen MR) is 63.6 cm³/mol. The van der Waals surface area contributed by atoms with Crippen molar-refractivity contribution in [1.29, 1.82) is 0 Å². The molecule has 0 spiro atoms. The highest BCUT2D eigenvalue weighted by molar-refractivity contribution is 4.58. The molecule has 3 heteroatoms. The van der Waals surface area contributed by atoms with Gasteiger partial charge in [-0.2, -0.15) is 0 Å². The average Bonchev–Trinajstić information content (AvgIpc) is 2.02. The fourth-order valence-electron chi connectivity index (χ4n) is 1.45. The molecule has 1 atom stereocenters. The third-order valence-corrected chi connectivity index (χ3v) is 2.34. The lowest BCUT2D eigenvalue weighted by molar-refractivity contribution is 0.293. The van der Waals surface area contributed by atoms with Crippen LogP contribution < -0.4 is 5.73 Å². The molecule has 3 nitrogen and oxygen atoms in total. The number of nitrogens with two attached hydrogens (primary N) is 1. The van der Waals surface area contributed by atoms with Crippen LogP contribution in [0.1, 0.15) is 26.2 Å². The van der Waals surface area contributed by atoms with Crippen LogP contribution in [-0.4, -0.2) is 56.6 Å². The van der Waals surface area contributed by atoms with Crippen molar-refractivity contribution in [3.05, 3.63) is 0 Å². The highest BCUT2D eigenvalue weighted by atomic mass is 15.1. The maximum absolute atomic E-state index is 5.69. The quantitative estimate of drug-likeness (QED) is 0.636. The smallest absolute Gasteiger partial charge is 0.00109 e. The van der Waals surface area contributed by atoms with Crippen LogP contribution >= 0.6 is 0 Å². The van der Waals surface area contributed by atoms with Crippen LogP contribution in [0.15, 0.2) is 0 Å². The molecule has 0 aliphatic carbocycles. The zero-order valence-corrected chi connectivity index (χ0v) is 10.3. The van der Waals surface area contributed by atoms with E-state index in [1.807, 2.05) is 0 Å². The molecule has 86 valence electrons. The van der Waals surface area contributed by atoms with Crippen LogP contribution in [0, 0.1) is 0 Å². The molecule has 2 N–H and O–H groups in total. The Bertz CT molecular complexity index is 110. The van der Waals surface area contributed by atoms with Crippen molar-refractivity contribution in [2.24, 2.45) is 5.73 Å². The van der Waals surface area contributed by atoms with Crippen molar-refractivity contribution in [3.8, 4) is 0 Å². The van der Waals surface area contributed by atoms with Crippen molar-refractivity contribution in [2.75, 3.05) is 40.8 Å². The van der Waals surface area contributed by atoms with Gasteiger partial charge >= 0.3 is 0 Å². The fraction of sp³-hybridized carbons (Fsp3) is 1.00. The van der Waals surface area contributed by atoms with Crippen LogP contribution in [0.3, 0.4) is 0 Å². The minimum absolute atomic E-state index is 0.352. The molecule has 0 saturated heterocycles. The molecule has 0 aliphatic rings. The minimum atomic E-state index is 0.352. The first-order valence-electron chi connectivity index (χ1n) is 5.61. The van der Waals surface area contributed by atoms with E-state index in [2.05, 4.69) is 37.9 Å². The average molecular weight is 201 g/mol. The van der Waals surface area contributed by atoms with Crippen LogP contribution in [0.5, 0.6) is 0 Å². The first-order valence-corrected chi connectivity index (χ1v) is 5.61. The summed E-state index contributed by atoms with van der Waals surface area (Å²) in [5, 5.41) is 0. The molecule has 0 amide bonds. The van der Waals surface area contributed by atoms with Crippen molar-refractivity contribution in [3.63, 3.8) is 0 Å². The molecule has 0 bridgehead atoms. The molecule has 14 heavy (non-hydrogen) atoms. The lowest BCUT2D eigenvalue weighted by Gasteiger charge is -2.18. The summed E-state index contributed by atoms with van der Waals surface area (Å²) in [6.07, 6.45) is 3.61. The summed E-state index contributed by atoms with van der Waals surface area (Å²) in [5.74, 6) is 0. The van der Waals surface area contributed by atoms with Crippen LogP contribution in [0.2, 0.25) is 0 Å². The SMILES string of the molecule is CC(N)CCCN(C)CCCN(C)C. The van der Waals surface area contributed by atoms with Gasteiger partial charge in [-0.05, 0) is 67.0 Å². The summed E-state index contributed by atoms with van der Waals surface area (Å²) in [6.45, 7) is 5.62. The second kappa shape index (κ2) is 8.21. The van der Waals surface area contributed by atoms with Crippen molar-refractivity contribution in [1.82, 2.24) is 9.80 Å². The van der Waals surface area contributed by atoms with E-state index >= 15 is 0 Å². The van der Waals surface area contributed by atoms with E-state index in [1.54, 1.807) is 0 Å². The van der Waals surface area contributed by atoms with Gasteiger partial charge in [-0.25, -0.2) is 0 Å². The second-order valence-electron chi connectivity index (χ2n) is 4.58. The standard InChI is InChI=1S/C11H27N3/c1-11(12)7-5-9-14(4)10-6-8-13(2)3/h11H,5-10,12H2,1-4H3. The number of nitrogens with zero attached hydrogens (tertiary/aromatic N) is 2. The monoisotopic (exact) mass is 201 g/mol. The molecule has 0 aromatic carbocycles. The van der Waals surface area contributed by atoms with Crippen molar-refractivity contribution in [2.45, 2.75) is 32.2 Å². The Hall–Kier alpha value is -0.120. The van der Waals surface area contributed by atoms with E-state index < -0.39 is 0 Å². The van der Waals surface area contributed by atoms with Gasteiger partial charge in [0.1, 0.15) is 0 Å². The second-order valence-corrected chi connectivity index (χ2v) is 4.58. The predicted octanol–water partition coefficient (Wildman–Crippen LogP) is 0.997. The maximum Gasteiger partial charge on any atom is 0.00109 e. The number of rotatable bonds is 8. The normalized spacial score (nSPS) is 13.9. The topological polar surface area (TPSA) is 32.5 Å². The van der Waals surface area contributed by atoms with E-state index in [9.17, 15) is 0 Å². The van der Waals surface area contributed by atoms with Crippen LogP contribution in [0.4, 0.5) is 0 Å². The van der Waals surface area contributed by atoms with Gasteiger partial charge in [0.15, 0.2) is 0 Å². The van der Waals surface area contributed by atoms with Crippen LogP contribution in [0.25, 0.3) is 0 Å². The number of hydrogen-bond acceptors (Lipinski definition) is 3. The Morgan fingerprint density at radius 2 is 1.57 bits per heavy atom. The van der Waals surface area contributed by atoms with E-state index in [4.69, 9.17) is 5.73 Å². The van der Waals surface area contributed by atoms with Gasteiger partial charge in [-0.1, -0.05) is 0 Å². The van der Waals surface area contributed by atoms with E-state index in [1.165, 1.54) is 32.5 Å². The lowest BCUT2D eigenvalue weighted by atomic mass is 10.2. The highest BCUT2D eigenvalue weighted by Gasteiger charge is 2.00. The zero-order valence-electron chi connectivity index (χ0n) is 10.3. The molecule has 0 heterocycles. The molecular formula is C11H27N3. The summed E-state index contributed by atoms with van der Waals surface area (Å²) >= 11 is 0. The zero-order chi connectivity index (χ0) is 11.0. The minimum Gasteiger partial charge on any atom is -0.328 e. The molecule has 0 aliphatic heterocycles. The van der Waals surface area contributed by atoms with Gasteiger partial charge in [0, 0.05) is 6.04 Å². The molecule has 0 aromatic rings. The molecule has 0 fully saturated rings. The van der Waals surface area contributed by atoms with Gasteiger partial charge in [0.2, 0.25) is 0 Å². The lowest BCUT2D eigenvalue weighted by Crippen LogP contribution is -2.26. The van der Waals surface area contributed by atoms with Crippen molar-refractivity contribution < 1.29 is 0 Å². The largest absolute Gasteiger partial charge is 0.328 e. The summed E-state index contributed by atoms with van der Waals surface area (Å²) in [6, 6.07) is 0.352. The third kappa shape index (κ3) is 9.96. The summed E-state index contributed by atoms with van der Waals surface area (Å²) in [7, 11) is 6.43. The Morgan fingerprint density at radius 3 is 2.07 bits per heavy atom. The maximum atomic E-state index is 5.69. The molecule has 0 aromatic heterocycles. The Balaban J connectivity index is 3.23. The number of hydrogen-bond donors (Lipinski definition) is 1. The van der Waals surface area contributed by atoms with Gasteiger partial charge < -0.3 is 15.5 Å². The summed E-state index contributed by atoms with van der Waals surface area (Å²) in [4.78, 5) is 4.63. The molecule has 0 rings (SSSR count). The fourth-order valence-corrected chi connectivity index (χ4v) is 1.45. The molecular weight excluding hydrogens is 174 g/mol. The third-order valence-electron chi connectivity index (χ3n) is 2.34. The molecule has 0 saturated carbocycles. The molecule has 1 unspecified atom stereocenters. The van der Waals surface area contributed by atoms with Crippen LogP contribution in [-0.2, 0) is 0 Å². The van der Waals surface area contributed by atoms with Gasteiger partial charge in [0.25, 0.3) is 0 Å².